The summed E-state index contributed by atoms with van der Waals surface area (Å²) in [7, 11) is 0. The molecule has 0 heterocycles. The maximum atomic E-state index is 12.1. The minimum absolute atomic E-state index is 0.153. The fourth-order valence-electron chi connectivity index (χ4n) is 4.12. The van der Waals surface area contributed by atoms with Crippen molar-refractivity contribution in [2.24, 2.45) is 0 Å². The Morgan fingerprint density at radius 2 is 1.19 bits per heavy atom. The summed E-state index contributed by atoms with van der Waals surface area (Å²) in [6.07, 6.45) is 0. The van der Waals surface area contributed by atoms with Gasteiger partial charge in [-0.3, -0.25) is 0 Å². The molecule has 0 aliphatic rings. The molecule has 5 aromatic rings. The molecule has 5 rings (SSSR count). The average Bonchev–Trinajstić information content (AvgIpc) is 2.64. The fourth-order valence-corrected chi connectivity index (χ4v) is 4.12. The summed E-state index contributed by atoms with van der Waals surface area (Å²) >= 11 is 0. The smallest absolute Gasteiger partial charge is 0.337 e. The first-order valence-electron chi connectivity index (χ1n) is 8.16. The molecule has 26 heavy (non-hydrogen) atoms. The van der Waals surface area contributed by atoms with Crippen LogP contribution in [0.25, 0.3) is 43.1 Å². The SMILES string of the molecule is O=C(O)c1cc2cccc3c4cccc5cccc(c(c1C(=O)O)c23)c54. The quantitative estimate of drug-likeness (QED) is 0.345. The number of fused-ring (bicyclic) bond motifs is 2. The predicted molar refractivity (Wildman–Crippen MR) is 102 cm³/mol. The van der Waals surface area contributed by atoms with E-state index in [2.05, 4.69) is 0 Å². The van der Waals surface area contributed by atoms with E-state index < -0.39 is 11.9 Å². The van der Waals surface area contributed by atoms with Crippen molar-refractivity contribution < 1.29 is 19.8 Å². The predicted octanol–water partition coefficient (Wildman–Crippen LogP) is 5.13. The molecule has 0 aliphatic carbocycles. The van der Waals surface area contributed by atoms with Gasteiger partial charge in [-0.05, 0) is 43.8 Å². The van der Waals surface area contributed by atoms with E-state index in [9.17, 15) is 19.8 Å². The zero-order chi connectivity index (χ0) is 18.0. The van der Waals surface area contributed by atoms with Crippen molar-refractivity contribution in [3.05, 3.63) is 71.8 Å². The van der Waals surface area contributed by atoms with Crippen LogP contribution in [-0.2, 0) is 0 Å². The first kappa shape index (κ1) is 14.7. The van der Waals surface area contributed by atoms with Gasteiger partial charge in [0.1, 0.15) is 0 Å². The van der Waals surface area contributed by atoms with Crippen LogP contribution < -0.4 is 0 Å². The average molecular weight is 340 g/mol. The van der Waals surface area contributed by atoms with E-state index in [0.717, 1.165) is 37.7 Å². The Labute approximate surface area is 147 Å². The summed E-state index contributed by atoms with van der Waals surface area (Å²) in [4.78, 5) is 23.8. The van der Waals surface area contributed by atoms with Crippen molar-refractivity contribution in [2.45, 2.75) is 0 Å². The van der Waals surface area contributed by atoms with Crippen molar-refractivity contribution in [2.75, 3.05) is 0 Å². The van der Waals surface area contributed by atoms with Gasteiger partial charge in [0.15, 0.2) is 0 Å². The molecule has 0 saturated heterocycles. The summed E-state index contributed by atoms with van der Waals surface area (Å²) in [6, 6.07) is 18.8. The zero-order valence-corrected chi connectivity index (χ0v) is 13.5. The van der Waals surface area contributed by atoms with E-state index >= 15 is 0 Å². The van der Waals surface area contributed by atoms with E-state index in [-0.39, 0.29) is 11.1 Å². The summed E-state index contributed by atoms with van der Waals surface area (Å²) in [6.45, 7) is 0. The van der Waals surface area contributed by atoms with Crippen LogP contribution in [0.3, 0.4) is 0 Å². The highest BCUT2D eigenvalue weighted by atomic mass is 16.4. The Hall–Kier alpha value is -3.66. The molecule has 0 unspecified atom stereocenters. The topological polar surface area (TPSA) is 74.6 Å². The Morgan fingerprint density at radius 3 is 1.81 bits per heavy atom. The van der Waals surface area contributed by atoms with Crippen LogP contribution >= 0.6 is 0 Å². The van der Waals surface area contributed by atoms with Crippen LogP contribution in [0, 0.1) is 0 Å². The van der Waals surface area contributed by atoms with Gasteiger partial charge in [0.25, 0.3) is 0 Å². The van der Waals surface area contributed by atoms with Crippen LogP contribution in [0.1, 0.15) is 20.7 Å². The van der Waals surface area contributed by atoms with Crippen molar-refractivity contribution in [3.8, 4) is 0 Å². The minimum atomic E-state index is -1.24. The molecule has 0 radical (unpaired) electrons. The Morgan fingerprint density at radius 1 is 0.615 bits per heavy atom. The van der Waals surface area contributed by atoms with Gasteiger partial charge in [-0.25, -0.2) is 9.59 Å². The van der Waals surface area contributed by atoms with Gasteiger partial charge in [-0.2, -0.15) is 0 Å². The van der Waals surface area contributed by atoms with E-state index in [4.69, 9.17) is 0 Å². The monoisotopic (exact) mass is 340 g/mol. The van der Waals surface area contributed by atoms with Gasteiger partial charge in [-0.1, -0.05) is 54.6 Å². The van der Waals surface area contributed by atoms with Crippen molar-refractivity contribution in [3.63, 3.8) is 0 Å². The normalized spacial score (nSPS) is 11.7. The molecule has 0 amide bonds. The molecular weight excluding hydrogens is 328 g/mol. The zero-order valence-electron chi connectivity index (χ0n) is 13.5. The fraction of sp³-hybridized carbons (Fsp3) is 0. The number of hydrogen-bond donors (Lipinski definition) is 2. The maximum absolute atomic E-state index is 12.1. The third-order valence-electron chi connectivity index (χ3n) is 5.07. The molecule has 0 bridgehead atoms. The van der Waals surface area contributed by atoms with E-state index in [1.165, 1.54) is 6.07 Å². The summed E-state index contributed by atoms with van der Waals surface area (Å²) in [5, 5.41) is 26.2. The second-order valence-corrected chi connectivity index (χ2v) is 6.40. The number of hydrogen-bond acceptors (Lipinski definition) is 2. The number of carboxylic acids is 2. The van der Waals surface area contributed by atoms with Gasteiger partial charge < -0.3 is 10.2 Å². The van der Waals surface area contributed by atoms with Crippen molar-refractivity contribution >= 4 is 55.0 Å². The lowest BCUT2D eigenvalue weighted by atomic mass is 9.86. The Balaban J connectivity index is 2.26. The second kappa shape index (κ2) is 4.92. The van der Waals surface area contributed by atoms with Crippen LogP contribution in [0.4, 0.5) is 0 Å². The van der Waals surface area contributed by atoms with Crippen LogP contribution in [0.15, 0.2) is 60.7 Å². The number of carbonyl (C=O) groups is 2. The standard InChI is InChI=1S/C22H12O4/c23-21(24)16-10-12-6-3-8-14-13-7-1-4-11-5-2-9-15(17(11)13)19(18(12)14)20(16)22(25)26/h1-10H,(H,23,24)(H,25,26). The molecule has 0 atom stereocenters. The van der Waals surface area contributed by atoms with E-state index in [1.807, 2.05) is 54.6 Å². The highest BCUT2D eigenvalue weighted by Crippen LogP contribution is 2.42. The highest BCUT2D eigenvalue weighted by molar-refractivity contribution is 6.36. The molecule has 124 valence electrons. The molecule has 4 heteroatoms. The lowest BCUT2D eigenvalue weighted by Crippen LogP contribution is -2.09. The van der Waals surface area contributed by atoms with E-state index in [0.29, 0.717) is 5.39 Å². The van der Waals surface area contributed by atoms with Gasteiger partial charge in [-0.15, -0.1) is 0 Å². The van der Waals surface area contributed by atoms with Gasteiger partial charge in [0.2, 0.25) is 0 Å². The summed E-state index contributed by atoms with van der Waals surface area (Å²) < 4.78 is 0. The molecule has 0 aromatic heterocycles. The molecule has 5 aromatic carbocycles. The lowest BCUT2D eigenvalue weighted by molar-refractivity contribution is 0.0653. The first-order chi connectivity index (χ1) is 12.6. The van der Waals surface area contributed by atoms with Crippen LogP contribution in [0.5, 0.6) is 0 Å². The third-order valence-corrected chi connectivity index (χ3v) is 5.07. The molecule has 0 spiro atoms. The third kappa shape index (κ3) is 1.73. The second-order valence-electron chi connectivity index (χ2n) is 6.40. The number of aromatic carboxylic acids is 2. The molecule has 4 nitrogen and oxygen atoms in total. The van der Waals surface area contributed by atoms with Gasteiger partial charge >= 0.3 is 11.9 Å². The minimum Gasteiger partial charge on any atom is -0.478 e. The van der Waals surface area contributed by atoms with Gasteiger partial charge in [0.05, 0.1) is 11.1 Å². The lowest BCUT2D eigenvalue weighted by Gasteiger charge is -2.17. The largest absolute Gasteiger partial charge is 0.478 e. The summed E-state index contributed by atoms with van der Waals surface area (Å²) in [5.74, 6) is -2.47. The molecule has 2 N–H and O–H groups in total. The number of benzene rings is 5. The Bertz CT molecular complexity index is 1380. The first-order valence-corrected chi connectivity index (χ1v) is 8.16. The van der Waals surface area contributed by atoms with Crippen LogP contribution in [-0.4, -0.2) is 22.2 Å². The maximum Gasteiger partial charge on any atom is 0.337 e. The Kier molecular flexibility index (Phi) is 2.78. The number of rotatable bonds is 2. The van der Waals surface area contributed by atoms with Crippen molar-refractivity contribution in [1.82, 2.24) is 0 Å². The van der Waals surface area contributed by atoms with E-state index in [1.54, 1.807) is 0 Å². The van der Waals surface area contributed by atoms with Gasteiger partial charge in [0, 0.05) is 5.39 Å². The van der Waals surface area contributed by atoms with Crippen molar-refractivity contribution in [1.29, 1.82) is 0 Å². The number of carboxylic acid groups (broad SMARTS) is 2. The molecular formula is C22H12O4. The highest BCUT2D eigenvalue weighted by Gasteiger charge is 2.24. The van der Waals surface area contributed by atoms with Crippen LogP contribution in [0.2, 0.25) is 0 Å². The molecule has 0 saturated carbocycles. The molecule has 0 fully saturated rings. The summed E-state index contributed by atoms with van der Waals surface area (Å²) in [5.41, 5.74) is -0.340. The molecule has 0 aliphatic heterocycles.